The first-order chi connectivity index (χ1) is 11.4. The van der Waals surface area contributed by atoms with Crippen LogP contribution in [0.2, 0.25) is 0 Å². The fraction of sp³-hybridized carbons (Fsp3) is 0.562. The highest BCUT2D eigenvalue weighted by atomic mass is 19.4. The van der Waals surface area contributed by atoms with Crippen LogP contribution in [0.5, 0.6) is 5.75 Å². The van der Waals surface area contributed by atoms with Gasteiger partial charge in [0.1, 0.15) is 5.75 Å². The third kappa shape index (κ3) is 4.31. The van der Waals surface area contributed by atoms with Gasteiger partial charge >= 0.3 is 6.36 Å². The molecule has 24 heavy (non-hydrogen) atoms. The molecule has 0 spiro atoms. The number of halogens is 3. The molecule has 2 saturated heterocycles. The standard InChI is InChI=1S/C16H20F3N3O2/c17-16(18,19)24-14-3-1-2-13(8-14)22-7-5-12(10-22)21-15(23)11-4-6-20-9-11/h1-3,8,11-12,20H,4-7,9-10H2,(H,21,23). The molecule has 1 amide bonds. The number of nitrogens with zero attached hydrogens (tertiary/aromatic N) is 1. The largest absolute Gasteiger partial charge is 0.573 e. The number of nitrogens with one attached hydrogen (secondary N) is 2. The molecule has 3 rings (SSSR count). The maximum atomic E-state index is 12.3. The number of hydrogen-bond donors (Lipinski definition) is 2. The quantitative estimate of drug-likeness (QED) is 0.877. The lowest BCUT2D eigenvalue weighted by molar-refractivity contribution is -0.274. The topological polar surface area (TPSA) is 53.6 Å². The molecule has 1 aromatic carbocycles. The smallest absolute Gasteiger partial charge is 0.406 e. The molecule has 2 aliphatic heterocycles. The van der Waals surface area contributed by atoms with E-state index in [4.69, 9.17) is 0 Å². The van der Waals surface area contributed by atoms with Gasteiger partial charge < -0.3 is 20.3 Å². The summed E-state index contributed by atoms with van der Waals surface area (Å²) in [5.74, 6) is -0.159. The number of anilines is 1. The Labute approximate surface area is 138 Å². The van der Waals surface area contributed by atoms with Crippen LogP contribution in [-0.2, 0) is 4.79 Å². The SMILES string of the molecule is O=C(NC1CCN(c2cccc(OC(F)(F)F)c2)C1)C1CCNC1. The molecule has 2 fully saturated rings. The first-order valence-corrected chi connectivity index (χ1v) is 8.02. The van der Waals surface area contributed by atoms with Crippen LogP contribution in [0.1, 0.15) is 12.8 Å². The van der Waals surface area contributed by atoms with Crippen molar-refractivity contribution in [2.24, 2.45) is 5.92 Å². The third-order valence-corrected chi connectivity index (χ3v) is 4.38. The summed E-state index contributed by atoms with van der Waals surface area (Å²) in [6.45, 7) is 2.84. The van der Waals surface area contributed by atoms with Crippen LogP contribution in [0.25, 0.3) is 0 Å². The van der Waals surface area contributed by atoms with E-state index in [0.29, 0.717) is 25.3 Å². The van der Waals surface area contributed by atoms with Crippen molar-refractivity contribution in [3.8, 4) is 5.75 Å². The van der Waals surface area contributed by atoms with Gasteiger partial charge in [0.2, 0.25) is 5.91 Å². The van der Waals surface area contributed by atoms with Gasteiger partial charge in [0.15, 0.2) is 0 Å². The fourth-order valence-electron chi connectivity index (χ4n) is 3.19. The Bertz CT molecular complexity index is 588. The predicted molar refractivity (Wildman–Crippen MR) is 82.9 cm³/mol. The number of rotatable bonds is 4. The van der Waals surface area contributed by atoms with Gasteiger partial charge in [-0.05, 0) is 31.5 Å². The first-order valence-electron chi connectivity index (χ1n) is 8.02. The molecule has 2 heterocycles. The maximum absolute atomic E-state index is 12.3. The second-order valence-electron chi connectivity index (χ2n) is 6.18. The molecule has 2 aliphatic rings. The zero-order valence-corrected chi connectivity index (χ0v) is 13.1. The fourth-order valence-corrected chi connectivity index (χ4v) is 3.19. The molecule has 2 unspecified atom stereocenters. The van der Waals surface area contributed by atoms with Gasteiger partial charge in [-0.1, -0.05) is 6.07 Å². The minimum atomic E-state index is -4.70. The molecule has 0 aromatic heterocycles. The van der Waals surface area contributed by atoms with E-state index in [0.717, 1.165) is 19.4 Å². The number of alkyl halides is 3. The molecule has 0 radical (unpaired) electrons. The minimum absolute atomic E-state index is 0.0163. The Morgan fingerprint density at radius 2 is 2.17 bits per heavy atom. The van der Waals surface area contributed by atoms with Crippen molar-refractivity contribution in [1.82, 2.24) is 10.6 Å². The molecule has 0 bridgehead atoms. The normalized spacial score (nSPS) is 24.2. The molecule has 8 heteroatoms. The number of hydrogen-bond acceptors (Lipinski definition) is 4. The zero-order chi connectivity index (χ0) is 17.2. The molecule has 2 atom stereocenters. The van der Waals surface area contributed by atoms with Crippen molar-refractivity contribution >= 4 is 11.6 Å². The molecule has 2 N–H and O–H groups in total. The van der Waals surface area contributed by atoms with Crippen molar-refractivity contribution in [3.05, 3.63) is 24.3 Å². The van der Waals surface area contributed by atoms with E-state index >= 15 is 0 Å². The van der Waals surface area contributed by atoms with Crippen molar-refractivity contribution < 1.29 is 22.7 Å². The van der Waals surface area contributed by atoms with Gasteiger partial charge in [0, 0.05) is 37.4 Å². The van der Waals surface area contributed by atoms with Crippen molar-refractivity contribution in [1.29, 1.82) is 0 Å². The van der Waals surface area contributed by atoms with Gasteiger partial charge in [0.25, 0.3) is 0 Å². The van der Waals surface area contributed by atoms with Gasteiger partial charge in [-0.25, -0.2) is 0 Å². The summed E-state index contributed by atoms with van der Waals surface area (Å²) in [6.07, 6.45) is -3.08. The van der Waals surface area contributed by atoms with Gasteiger partial charge in [0.05, 0.1) is 5.92 Å². The summed E-state index contributed by atoms with van der Waals surface area (Å²) in [7, 11) is 0. The maximum Gasteiger partial charge on any atom is 0.573 e. The molecule has 0 aliphatic carbocycles. The second-order valence-corrected chi connectivity index (χ2v) is 6.18. The van der Waals surface area contributed by atoms with Crippen LogP contribution in [0.15, 0.2) is 24.3 Å². The van der Waals surface area contributed by atoms with Crippen LogP contribution >= 0.6 is 0 Å². The number of ether oxygens (including phenoxy) is 1. The summed E-state index contributed by atoms with van der Waals surface area (Å²) in [5.41, 5.74) is 0.663. The van der Waals surface area contributed by atoms with Crippen LogP contribution < -0.4 is 20.3 Å². The molecular formula is C16H20F3N3O2. The summed E-state index contributed by atoms with van der Waals surface area (Å²) in [6, 6.07) is 5.95. The van der Waals surface area contributed by atoms with Crippen LogP contribution in [0, 0.1) is 5.92 Å². The Morgan fingerprint density at radius 3 is 2.88 bits per heavy atom. The highest BCUT2D eigenvalue weighted by Crippen LogP contribution is 2.28. The lowest BCUT2D eigenvalue weighted by Gasteiger charge is -2.20. The van der Waals surface area contributed by atoms with E-state index in [1.807, 2.05) is 4.90 Å². The van der Waals surface area contributed by atoms with Crippen molar-refractivity contribution in [2.75, 3.05) is 31.1 Å². The second kappa shape index (κ2) is 6.88. The summed E-state index contributed by atoms with van der Waals surface area (Å²) in [5, 5.41) is 6.20. The van der Waals surface area contributed by atoms with Crippen LogP contribution in [0.3, 0.4) is 0 Å². The average molecular weight is 343 g/mol. The predicted octanol–water partition coefficient (Wildman–Crippen LogP) is 1.89. The van der Waals surface area contributed by atoms with Crippen molar-refractivity contribution in [3.63, 3.8) is 0 Å². The van der Waals surface area contributed by atoms with E-state index in [-0.39, 0.29) is 23.6 Å². The van der Waals surface area contributed by atoms with Crippen LogP contribution in [-0.4, -0.2) is 44.5 Å². The van der Waals surface area contributed by atoms with Crippen molar-refractivity contribution in [2.45, 2.75) is 25.2 Å². The van der Waals surface area contributed by atoms with E-state index in [9.17, 15) is 18.0 Å². The van der Waals surface area contributed by atoms with E-state index in [1.165, 1.54) is 18.2 Å². The Kier molecular flexibility index (Phi) is 4.84. The third-order valence-electron chi connectivity index (χ3n) is 4.38. The molecule has 0 saturated carbocycles. The van der Waals surface area contributed by atoms with Crippen LogP contribution in [0.4, 0.5) is 18.9 Å². The lowest BCUT2D eigenvalue weighted by Crippen LogP contribution is -2.41. The Balaban J connectivity index is 1.57. The molecule has 5 nitrogen and oxygen atoms in total. The Hall–Kier alpha value is -1.96. The van der Waals surface area contributed by atoms with E-state index < -0.39 is 6.36 Å². The average Bonchev–Trinajstić information content (AvgIpc) is 3.17. The first kappa shape index (κ1) is 16.9. The highest BCUT2D eigenvalue weighted by Gasteiger charge is 2.32. The lowest BCUT2D eigenvalue weighted by atomic mass is 10.1. The molecule has 1 aromatic rings. The minimum Gasteiger partial charge on any atom is -0.406 e. The molecular weight excluding hydrogens is 323 g/mol. The number of benzene rings is 1. The van der Waals surface area contributed by atoms with Gasteiger partial charge in [-0.15, -0.1) is 13.2 Å². The zero-order valence-electron chi connectivity index (χ0n) is 13.1. The number of carbonyl (C=O) groups excluding carboxylic acids is 1. The van der Waals surface area contributed by atoms with E-state index in [1.54, 1.807) is 6.07 Å². The van der Waals surface area contributed by atoms with Gasteiger partial charge in [-0.3, -0.25) is 4.79 Å². The van der Waals surface area contributed by atoms with Gasteiger partial charge in [-0.2, -0.15) is 0 Å². The van der Waals surface area contributed by atoms with E-state index in [2.05, 4.69) is 15.4 Å². The number of amides is 1. The molecule has 132 valence electrons. The number of carbonyl (C=O) groups is 1. The summed E-state index contributed by atoms with van der Waals surface area (Å²) < 4.78 is 40.9. The monoisotopic (exact) mass is 343 g/mol. The highest BCUT2D eigenvalue weighted by molar-refractivity contribution is 5.79. The summed E-state index contributed by atoms with van der Waals surface area (Å²) >= 11 is 0. The summed E-state index contributed by atoms with van der Waals surface area (Å²) in [4.78, 5) is 14.1. The Morgan fingerprint density at radius 1 is 1.33 bits per heavy atom.